The minimum absolute atomic E-state index is 0.237. The number of furan rings is 1. The Kier molecular flexibility index (Phi) is 4.64. The zero-order valence-corrected chi connectivity index (χ0v) is 16.0. The van der Waals surface area contributed by atoms with Crippen molar-refractivity contribution in [3.63, 3.8) is 0 Å². The minimum Gasteiger partial charge on any atom is -0.444 e. The van der Waals surface area contributed by atoms with Crippen LogP contribution in [-0.4, -0.2) is 10.9 Å². The van der Waals surface area contributed by atoms with Crippen LogP contribution < -0.4 is 5.32 Å². The number of rotatable bonds is 4. The number of aryl methyl sites for hydroxylation is 1. The number of halogens is 1. The van der Waals surface area contributed by atoms with Crippen LogP contribution in [-0.2, 0) is 0 Å². The third-order valence-corrected chi connectivity index (χ3v) is 4.46. The third kappa shape index (κ3) is 3.85. The molecular formula is C21H15BrN2O3. The largest absolute Gasteiger partial charge is 0.444 e. The second-order valence-corrected chi connectivity index (χ2v) is 6.82. The fourth-order valence-electron chi connectivity index (χ4n) is 2.59. The van der Waals surface area contributed by atoms with Gasteiger partial charge in [-0.2, -0.15) is 0 Å². The summed E-state index contributed by atoms with van der Waals surface area (Å²) in [6, 6.07) is 18.7. The Labute approximate surface area is 164 Å². The quantitative estimate of drug-likeness (QED) is 0.442. The van der Waals surface area contributed by atoms with Gasteiger partial charge in [0.1, 0.15) is 12.0 Å². The average Bonchev–Trinajstić information content (AvgIpc) is 3.32. The molecule has 0 radical (unpaired) electrons. The van der Waals surface area contributed by atoms with Crippen molar-refractivity contribution in [3.05, 3.63) is 82.9 Å². The first-order chi connectivity index (χ1) is 13.1. The smallest absolute Gasteiger partial charge is 0.291 e. The van der Waals surface area contributed by atoms with E-state index in [1.807, 2.05) is 43.3 Å². The highest BCUT2D eigenvalue weighted by Crippen LogP contribution is 2.26. The SMILES string of the molecule is Cc1ccc(-c2coc(-c3ccc(NC(=O)c4ccc(Br)o4)cc3)n2)cc1. The van der Waals surface area contributed by atoms with Crippen LogP contribution in [0, 0.1) is 6.92 Å². The van der Waals surface area contributed by atoms with E-state index in [1.165, 1.54) is 5.56 Å². The van der Waals surface area contributed by atoms with E-state index in [9.17, 15) is 4.79 Å². The van der Waals surface area contributed by atoms with Gasteiger partial charge in [-0.05, 0) is 59.3 Å². The fourth-order valence-corrected chi connectivity index (χ4v) is 2.89. The van der Waals surface area contributed by atoms with Gasteiger partial charge in [-0.3, -0.25) is 4.79 Å². The number of anilines is 1. The maximum atomic E-state index is 12.1. The van der Waals surface area contributed by atoms with Gasteiger partial charge in [0.2, 0.25) is 5.89 Å². The predicted molar refractivity (Wildman–Crippen MR) is 106 cm³/mol. The molecule has 0 atom stereocenters. The molecule has 0 unspecified atom stereocenters. The fraction of sp³-hybridized carbons (Fsp3) is 0.0476. The molecule has 4 rings (SSSR count). The Morgan fingerprint density at radius 1 is 0.963 bits per heavy atom. The Morgan fingerprint density at radius 3 is 2.33 bits per heavy atom. The molecule has 2 aromatic carbocycles. The summed E-state index contributed by atoms with van der Waals surface area (Å²) in [5.74, 6) is 0.450. The lowest BCUT2D eigenvalue weighted by atomic mass is 10.1. The molecular weight excluding hydrogens is 408 g/mol. The lowest BCUT2D eigenvalue weighted by Gasteiger charge is -2.03. The number of nitrogens with zero attached hydrogens (tertiary/aromatic N) is 1. The van der Waals surface area contributed by atoms with Crippen molar-refractivity contribution in [1.29, 1.82) is 0 Å². The van der Waals surface area contributed by atoms with Gasteiger partial charge in [-0.1, -0.05) is 29.8 Å². The van der Waals surface area contributed by atoms with E-state index in [2.05, 4.69) is 26.2 Å². The third-order valence-electron chi connectivity index (χ3n) is 4.04. The van der Waals surface area contributed by atoms with Crippen LogP contribution in [0.1, 0.15) is 16.1 Å². The van der Waals surface area contributed by atoms with E-state index in [0.717, 1.165) is 16.8 Å². The number of hydrogen-bond acceptors (Lipinski definition) is 4. The monoisotopic (exact) mass is 422 g/mol. The maximum absolute atomic E-state index is 12.1. The van der Waals surface area contributed by atoms with Gasteiger partial charge in [0.25, 0.3) is 5.91 Å². The topological polar surface area (TPSA) is 68.3 Å². The van der Waals surface area contributed by atoms with Crippen molar-refractivity contribution in [2.75, 3.05) is 5.32 Å². The molecule has 0 aliphatic carbocycles. The van der Waals surface area contributed by atoms with Crippen LogP contribution in [0.15, 0.2) is 80.4 Å². The highest BCUT2D eigenvalue weighted by molar-refractivity contribution is 9.10. The Balaban J connectivity index is 1.49. The molecule has 5 nitrogen and oxygen atoms in total. The highest BCUT2D eigenvalue weighted by atomic mass is 79.9. The first kappa shape index (κ1) is 17.3. The standard InChI is InChI=1S/C21H15BrN2O3/c1-13-2-4-14(5-3-13)17-12-26-21(24-17)15-6-8-16(9-7-15)23-20(25)18-10-11-19(22)27-18/h2-12H,1H3,(H,23,25). The number of oxazole rings is 1. The Bertz CT molecular complexity index is 1080. The summed E-state index contributed by atoms with van der Waals surface area (Å²) in [5.41, 5.74) is 4.46. The van der Waals surface area contributed by atoms with Crippen LogP contribution in [0.4, 0.5) is 5.69 Å². The van der Waals surface area contributed by atoms with Crippen molar-refractivity contribution in [2.24, 2.45) is 0 Å². The van der Waals surface area contributed by atoms with Crippen molar-refractivity contribution in [2.45, 2.75) is 6.92 Å². The molecule has 0 aliphatic rings. The normalized spacial score (nSPS) is 10.7. The van der Waals surface area contributed by atoms with Crippen molar-refractivity contribution >= 4 is 27.5 Å². The Hall–Kier alpha value is -3.12. The lowest BCUT2D eigenvalue weighted by molar-refractivity contribution is 0.0995. The molecule has 2 heterocycles. The van der Waals surface area contributed by atoms with Gasteiger partial charge < -0.3 is 14.2 Å². The molecule has 1 amide bonds. The molecule has 0 spiro atoms. The summed E-state index contributed by atoms with van der Waals surface area (Å²) < 4.78 is 11.4. The molecule has 6 heteroatoms. The predicted octanol–water partition coefficient (Wildman–Crippen LogP) is 5.92. The van der Waals surface area contributed by atoms with E-state index in [4.69, 9.17) is 8.83 Å². The molecule has 0 aliphatic heterocycles. The second kappa shape index (κ2) is 7.25. The van der Waals surface area contributed by atoms with Crippen LogP contribution in [0.25, 0.3) is 22.7 Å². The summed E-state index contributed by atoms with van der Waals surface area (Å²) in [5, 5.41) is 2.78. The summed E-state index contributed by atoms with van der Waals surface area (Å²) in [4.78, 5) is 16.7. The van der Waals surface area contributed by atoms with Crippen molar-refractivity contribution in [3.8, 4) is 22.7 Å². The summed E-state index contributed by atoms with van der Waals surface area (Å²) >= 11 is 3.18. The van der Waals surface area contributed by atoms with E-state index >= 15 is 0 Å². The zero-order chi connectivity index (χ0) is 18.8. The molecule has 27 heavy (non-hydrogen) atoms. The molecule has 1 N–H and O–H groups in total. The molecule has 2 aromatic heterocycles. The number of aromatic nitrogens is 1. The number of carbonyl (C=O) groups excluding carboxylic acids is 1. The van der Waals surface area contributed by atoms with E-state index in [0.29, 0.717) is 16.2 Å². The van der Waals surface area contributed by atoms with E-state index in [-0.39, 0.29) is 11.7 Å². The minimum atomic E-state index is -0.314. The first-order valence-corrected chi connectivity index (χ1v) is 9.07. The molecule has 0 bridgehead atoms. The summed E-state index contributed by atoms with van der Waals surface area (Å²) in [6.45, 7) is 2.04. The molecule has 134 valence electrons. The number of nitrogens with one attached hydrogen (secondary N) is 1. The molecule has 4 aromatic rings. The number of hydrogen-bond donors (Lipinski definition) is 1. The van der Waals surface area contributed by atoms with Gasteiger partial charge in [0.15, 0.2) is 10.4 Å². The maximum Gasteiger partial charge on any atom is 0.291 e. The van der Waals surface area contributed by atoms with Gasteiger partial charge in [-0.25, -0.2) is 4.98 Å². The van der Waals surface area contributed by atoms with Crippen molar-refractivity contribution < 1.29 is 13.6 Å². The molecule has 0 saturated carbocycles. The van der Waals surface area contributed by atoms with Crippen LogP contribution in [0.3, 0.4) is 0 Å². The van der Waals surface area contributed by atoms with Crippen molar-refractivity contribution in [1.82, 2.24) is 4.98 Å². The van der Waals surface area contributed by atoms with Crippen LogP contribution in [0.5, 0.6) is 0 Å². The van der Waals surface area contributed by atoms with Crippen LogP contribution in [0.2, 0.25) is 0 Å². The summed E-state index contributed by atoms with van der Waals surface area (Å²) in [7, 11) is 0. The summed E-state index contributed by atoms with van der Waals surface area (Å²) in [6.07, 6.45) is 1.64. The Morgan fingerprint density at radius 2 is 1.67 bits per heavy atom. The average molecular weight is 423 g/mol. The number of benzene rings is 2. The van der Waals surface area contributed by atoms with Crippen LogP contribution >= 0.6 is 15.9 Å². The van der Waals surface area contributed by atoms with E-state index < -0.39 is 0 Å². The van der Waals surface area contributed by atoms with Gasteiger partial charge in [-0.15, -0.1) is 0 Å². The van der Waals surface area contributed by atoms with Gasteiger partial charge in [0.05, 0.1) is 0 Å². The van der Waals surface area contributed by atoms with Gasteiger partial charge in [0, 0.05) is 16.8 Å². The van der Waals surface area contributed by atoms with E-state index in [1.54, 1.807) is 30.5 Å². The number of amides is 1. The molecule has 0 saturated heterocycles. The first-order valence-electron chi connectivity index (χ1n) is 8.28. The molecule has 0 fully saturated rings. The lowest BCUT2D eigenvalue weighted by Crippen LogP contribution is -2.10. The number of carbonyl (C=O) groups is 1. The van der Waals surface area contributed by atoms with Gasteiger partial charge >= 0.3 is 0 Å². The zero-order valence-electron chi connectivity index (χ0n) is 14.4. The second-order valence-electron chi connectivity index (χ2n) is 6.04. The highest BCUT2D eigenvalue weighted by Gasteiger charge is 2.12.